The summed E-state index contributed by atoms with van der Waals surface area (Å²) in [7, 11) is 0. The maximum absolute atomic E-state index is 6.38. The van der Waals surface area contributed by atoms with Crippen LogP contribution in [0.1, 0.15) is 11.1 Å². The molecule has 0 saturated heterocycles. The van der Waals surface area contributed by atoms with Gasteiger partial charge in [0.25, 0.3) is 0 Å². The topological polar surface area (TPSA) is 42.2 Å². The summed E-state index contributed by atoms with van der Waals surface area (Å²) in [4.78, 5) is 4.55. The van der Waals surface area contributed by atoms with Crippen LogP contribution in [0.2, 0.25) is 10.0 Å². The fourth-order valence-corrected chi connectivity index (χ4v) is 4.77. The molecule has 0 bridgehead atoms. The first-order valence-electron chi connectivity index (χ1n) is 9.34. The van der Waals surface area contributed by atoms with Crippen molar-refractivity contribution in [3.05, 3.63) is 94.1 Å². The van der Waals surface area contributed by atoms with Crippen LogP contribution in [-0.2, 0) is 6.54 Å². The second kappa shape index (κ2) is 8.11. The first kappa shape index (κ1) is 19.1. The van der Waals surface area contributed by atoms with Gasteiger partial charge < -0.3 is 4.57 Å². The lowest BCUT2D eigenvalue weighted by atomic mass is 10.2. The van der Waals surface area contributed by atoms with Crippen molar-refractivity contribution in [3.63, 3.8) is 0 Å². The molecule has 0 aliphatic heterocycles. The van der Waals surface area contributed by atoms with Gasteiger partial charge in [-0.2, -0.15) is 5.10 Å². The fourth-order valence-electron chi connectivity index (χ4n) is 3.44. The van der Waals surface area contributed by atoms with Gasteiger partial charge in [0, 0.05) is 38.3 Å². The van der Waals surface area contributed by atoms with Gasteiger partial charge in [-0.15, -0.1) is 0 Å². The number of aromatic nitrogens is 2. The van der Waals surface area contributed by atoms with E-state index < -0.39 is 0 Å². The van der Waals surface area contributed by atoms with Crippen LogP contribution in [0.5, 0.6) is 0 Å². The predicted octanol–water partition coefficient (Wildman–Crippen LogP) is 7.05. The highest BCUT2D eigenvalue weighted by molar-refractivity contribution is 7.22. The van der Waals surface area contributed by atoms with Gasteiger partial charge in [0.05, 0.1) is 23.0 Å². The molecule has 7 heteroatoms. The third kappa shape index (κ3) is 3.67. The van der Waals surface area contributed by atoms with Crippen molar-refractivity contribution < 1.29 is 0 Å². The second-order valence-corrected chi connectivity index (χ2v) is 8.63. The predicted molar refractivity (Wildman–Crippen MR) is 128 cm³/mol. The first-order chi connectivity index (χ1) is 14.7. The van der Waals surface area contributed by atoms with Crippen molar-refractivity contribution in [1.29, 1.82) is 0 Å². The normalized spacial score (nSPS) is 11.7. The Morgan fingerprint density at radius 1 is 0.967 bits per heavy atom. The Bertz CT molecular complexity index is 1330. The van der Waals surface area contributed by atoms with Gasteiger partial charge in [0.2, 0.25) is 5.13 Å². The summed E-state index contributed by atoms with van der Waals surface area (Å²) in [6.07, 6.45) is 3.88. The molecule has 0 aliphatic carbocycles. The van der Waals surface area contributed by atoms with Crippen molar-refractivity contribution in [2.45, 2.75) is 6.54 Å². The van der Waals surface area contributed by atoms with Crippen molar-refractivity contribution in [2.75, 3.05) is 5.43 Å². The van der Waals surface area contributed by atoms with Crippen LogP contribution >= 0.6 is 34.5 Å². The van der Waals surface area contributed by atoms with E-state index in [2.05, 4.69) is 44.5 Å². The van der Waals surface area contributed by atoms with Gasteiger partial charge in [0.15, 0.2) is 0 Å². The average molecular weight is 451 g/mol. The van der Waals surface area contributed by atoms with E-state index in [1.165, 1.54) is 0 Å². The van der Waals surface area contributed by atoms with Gasteiger partial charge in [-0.25, -0.2) is 4.98 Å². The maximum atomic E-state index is 6.38. The number of hydrazone groups is 1. The number of para-hydroxylation sites is 2. The molecule has 2 heterocycles. The Hall–Kier alpha value is -2.86. The number of thiazole rings is 1. The summed E-state index contributed by atoms with van der Waals surface area (Å²) in [6.45, 7) is 0.582. The van der Waals surface area contributed by atoms with Crippen LogP contribution in [0.4, 0.5) is 5.13 Å². The SMILES string of the molecule is Clc1cccc(Cl)c1Cn1cc(/C=N\Nc2nc3ccccc3s2)c2ccccc21. The largest absolute Gasteiger partial charge is 0.342 e. The van der Waals surface area contributed by atoms with Crippen LogP contribution in [0.25, 0.3) is 21.1 Å². The molecule has 0 radical (unpaired) electrons. The van der Waals surface area contributed by atoms with Gasteiger partial charge in [0.1, 0.15) is 0 Å². The summed E-state index contributed by atoms with van der Waals surface area (Å²) in [5, 5.41) is 7.61. The molecule has 0 saturated carbocycles. The summed E-state index contributed by atoms with van der Waals surface area (Å²) in [5.41, 5.74) is 7.01. The molecule has 1 N–H and O–H groups in total. The molecular weight excluding hydrogens is 435 g/mol. The molecule has 0 unspecified atom stereocenters. The molecule has 0 atom stereocenters. The molecule has 5 aromatic rings. The number of nitrogens with zero attached hydrogens (tertiary/aromatic N) is 3. The van der Waals surface area contributed by atoms with Gasteiger partial charge >= 0.3 is 0 Å². The number of hydrogen-bond acceptors (Lipinski definition) is 4. The zero-order valence-corrected chi connectivity index (χ0v) is 18.0. The van der Waals surface area contributed by atoms with Crippen molar-refractivity contribution in [1.82, 2.24) is 9.55 Å². The van der Waals surface area contributed by atoms with Gasteiger partial charge in [-0.3, -0.25) is 5.43 Å². The lowest BCUT2D eigenvalue weighted by Gasteiger charge is -2.09. The maximum Gasteiger partial charge on any atom is 0.204 e. The Balaban J connectivity index is 1.45. The Morgan fingerprint density at radius 2 is 1.73 bits per heavy atom. The van der Waals surface area contributed by atoms with E-state index in [0.717, 1.165) is 37.4 Å². The highest BCUT2D eigenvalue weighted by Gasteiger charge is 2.11. The van der Waals surface area contributed by atoms with Crippen molar-refractivity contribution in [3.8, 4) is 0 Å². The van der Waals surface area contributed by atoms with E-state index in [1.807, 2.05) is 54.7 Å². The first-order valence-corrected chi connectivity index (χ1v) is 10.9. The van der Waals surface area contributed by atoms with E-state index >= 15 is 0 Å². The Labute approximate surface area is 187 Å². The van der Waals surface area contributed by atoms with E-state index in [9.17, 15) is 0 Å². The summed E-state index contributed by atoms with van der Waals surface area (Å²) in [5.74, 6) is 0. The molecule has 5 rings (SSSR count). The monoisotopic (exact) mass is 450 g/mol. The number of benzene rings is 3. The quantitative estimate of drug-likeness (QED) is 0.230. The van der Waals surface area contributed by atoms with E-state index in [0.29, 0.717) is 16.6 Å². The van der Waals surface area contributed by atoms with E-state index in [-0.39, 0.29) is 0 Å². The minimum atomic E-state index is 0.582. The second-order valence-electron chi connectivity index (χ2n) is 6.79. The highest BCUT2D eigenvalue weighted by atomic mass is 35.5. The average Bonchev–Trinajstić information content (AvgIpc) is 3.32. The third-order valence-electron chi connectivity index (χ3n) is 4.87. The number of anilines is 1. The third-order valence-corrected chi connectivity index (χ3v) is 6.52. The molecule has 0 fully saturated rings. The smallest absolute Gasteiger partial charge is 0.204 e. The number of halogens is 2. The number of hydrogen-bond donors (Lipinski definition) is 1. The Kier molecular flexibility index (Phi) is 5.17. The standard InChI is InChI=1S/C23H16Cl2N4S/c24-18-7-5-8-19(25)17(18)14-29-13-15(16-6-1-3-10-21(16)29)12-26-28-23-27-20-9-2-4-11-22(20)30-23/h1-13H,14H2,(H,27,28)/b26-12-. The summed E-state index contributed by atoms with van der Waals surface area (Å²) in [6, 6.07) is 21.8. The lowest BCUT2D eigenvalue weighted by Crippen LogP contribution is -1.99. The molecule has 0 spiro atoms. The lowest BCUT2D eigenvalue weighted by molar-refractivity contribution is 0.837. The number of fused-ring (bicyclic) bond motifs is 2. The fraction of sp³-hybridized carbons (Fsp3) is 0.0435. The van der Waals surface area contributed by atoms with Crippen LogP contribution in [0.15, 0.2) is 78.0 Å². The van der Waals surface area contributed by atoms with Gasteiger partial charge in [-0.1, -0.05) is 70.9 Å². The molecule has 0 aliphatic rings. The molecule has 2 aromatic heterocycles. The zero-order chi connectivity index (χ0) is 20.5. The molecule has 0 amide bonds. The summed E-state index contributed by atoms with van der Waals surface area (Å²) >= 11 is 14.3. The molecule has 30 heavy (non-hydrogen) atoms. The van der Waals surface area contributed by atoms with Crippen LogP contribution in [0.3, 0.4) is 0 Å². The van der Waals surface area contributed by atoms with Crippen LogP contribution < -0.4 is 5.43 Å². The van der Waals surface area contributed by atoms with Gasteiger partial charge in [-0.05, 0) is 30.3 Å². The number of nitrogens with one attached hydrogen (secondary N) is 1. The Morgan fingerprint density at radius 3 is 2.57 bits per heavy atom. The van der Waals surface area contributed by atoms with E-state index in [1.54, 1.807) is 11.3 Å². The van der Waals surface area contributed by atoms with Crippen LogP contribution in [-0.4, -0.2) is 15.8 Å². The molecule has 4 nitrogen and oxygen atoms in total. The van der Waals surface area contributed by atoms with Crippen molar-refractivity contribution in [2.24, 2.45) is 5.10 Å². The number of rotatable bonds is 5. The molecule has 3 aromatic carbocycles. The summed E-state index contributed by atoms with van der Waals surface area (Å²) < 4.78 is 3.27. The molecular formula is C23H16Cl2N4S. The van der Waals surface area contributed by atoms with E-state index in [4.69, 9.17) is 23.2 Å². The minimum absolute atomic E-state index is 0.582. The zero-order valence-electron chi connectivity index (χ0n) is 15.7. The highest BCUT2D eigenvalue weighted by Crippen LogP contribution is 2.28. The minimum Gasteiger partial charge on any atom is -0.342 e. The van der Waals surface area contributed by atoms with Crippen LogP contribution in [0, 0.1) is 0 Å². The molecule has 148 valence electrons. The van der Waals surface area contributed by atoms with Crippen molar-refractivity contribution >= 4 is 67.0 Å².